The maximum atomic E-state index is 5.21. The topological polar surface area (TPSA) is 26.0 Å². The predicted molar refractivity (Wildman–Crippen MR) is 50.0 cm³/mol. The molecule has 1 aliphatic carbocycles. The highest BCUT2D eigenvalue weighted by Gasteiger charge is 2.19. The van der Waals surface area contributed by atoms with Crippen LogP contribution in [-0.2, 0) is 0 Å². The Bertz CT molecular complexity index is 253. The Morgan fingerprint density at radius 1 is 1.33 bits per heavy atom. The molecule has 1 aliphatic rings. The first-order valence-corrected chi connectivity index (χ1v) is 5.27. The second-order valence-electron chi connectivity index (χ2n) is 3.39. The van der Waals surface area contributed by atoms with Crippen molar-refractivity contribution in [2.45, 2.75) is 38.0 Å². The van der Waals surface area contributed by atoms with Gasteiger partial charge in [0.15, 0.2) is 0 Å². The van der Waals surface area contributed by atoms with E-state index in [4.69, 9.17) is 4.52 Å². The highest BCUT2D eigenvalue weighted by molar-refractivity contribution is 9.10. The molecule has 0 aliphatic heterocycles. The van der Waals surface area contributed by atoms with E-state index in [0.717, 1.165) is 10.4 Å². The van der Waals surface area contributed by atoms with Crippen LogP contribution in [0.2, 0.25) is 0 Å². The number of hydrogen-bond donors (Lipinski definition) is 0. The van der Waals surface area contributed by atoms with Gasteiger partial charge in [-0.2, -0.15) is 0 Å². The summed E-state index contributed by atoms with van der Waals surface area (Å²) in [5.74, 6) is 1.68. The number of rotatable bonds is 1. The molecule has 0 atom stereocenters. The molecule has 2 nitrogen and oxygen atoms in total. The molecule has 0 saturated heterocycles. The molecule has 3 heteroatoms. The monoisotopic (exact) mass is 229 g/mol. The van der Waals surface area contributed by atoms with E-state index in [0.29, 0.717) is 5.92 Å². The predicted octanol–water partition coefficient (Wildman–Crippen LogP) is 3.48. The summed E-state index contributed by atoms with van der Waals surface area (Å²) >= 11 is 3.29. The summed E-state index contributed by atoms with van der Waals surface area (Å²) in [5, 5.41) is 3.83. The van der Waals surface area contributed by atoms with Gasteiger partial charge < -0.3 is 4.52 Å². The van der Waals surface area contributed by atoms with Gasteiger partial charge in [-0.3, -0.25) is 0 Å². The zero-order valence-corrected chi connectivity index (χ0v) is 8.51. The van der Waals surface area contributed by atoms with Gasteiger partial charge in [-0.15, -0.1) is 0 Å². The smallest absolute Gasteiger partial charge is 0.149 e. The van der Waals surface area contributed by atoms with E-state index < -0.39 is 0 Å². The molecule has 1 fully saturated rings. The Morgan fingerprint density at radius 3 is 2.67 bits per heavy atom. The minimum absolute atomic E-state index is 0.623. The average molecular weight is 230 g/mol. The fourth-order valence-corrected chi connectivity index (χ4v) is 2.14. The largest absolute Gasteiger partial charge is 0.360 e. The van der Waals surface area contributed by atoms with Gasteiger partial charge in [0.05, 0.1) is 0 Å². The summed E-state index contributed by atoms with van der Waals surface area (Å²) in [6.07, 6.45) is 6.58. The van der Waals surface area contributed by atoms with Crippen molar-refractivity contribution in [1.82, 2.24) is 5.16 Å². The molecule has 0 N–H and O–H groups in total. The summed E-state index contributed by atoms with van der Waals surface area (Å²) in [7, 11) is 0. The van der Waals surface area contributed by atoms with Crippen molar-refractivity contribution in [2.24, 2.45) is 0 Å². The molecule has 1 aromatic heterocycles. The summed E-state index contributed by atoms with van der Waals surface area (Å²) in [6, 6.07) is 2.00. The molecule has 0 radical (unpaired) electrons. The van der Waals surface area contributed by atoms with Crippen molar-refractivity contribution in [3.8, 4) is 0 Å². The normalized spacial score (nSPS) is 19.8. The van der Waals surface area contributed by atoms with Crippen molar-refractivity contribution in [3.63, 3.8) is 0 Å². The van der Waals surface area contributed by atoms with Crippen LogP contribution in [0.4, 0.5) is 0 Å². The quantitative estimate of drug-likeness (QED) is 0.738. The number of nitrogens with zero attached hydrogens (tertiary/aromatic N) is 1. The van der Waals surface area contributed by atoms with Crippen molar-refractivity contribution in [3.05, 3.63) is 16.4 Å². The van der Waals surface area contributed by atoms with Gasteiger partial charge in [-0.25, -0.2) is 0 Å². The zero-order chi connectivity index (χ0) is 8.39. The van der Waals surface area contributed by atoms with Crippen LogP contribution in [0, 0.1) is 0 Å². The van der Waals surface area contributed by atoms with Crippen LogP contribution < -0.4 is 0 Å². The van der Waals surface area contributed by atoms with E-state index in [-0.39, 0.29) is 0 Å². The Morgan fingerprint density at radius 2 is 2.08 bits per heavy atom. The van der Waals surface area contributed by atoms with Crippen LogP contribution in [0.3, 0.4) is 0 Å². The Balaban J connectivity index is 2.08. The first-order chi connectivity index (χ1) is 5.86. The molecule has 1 heterocycles. The third-order valence-electron chi connectivity index (χ3n) is 2.51. The van der Waals surface area contributed by atoms with E-state index in [1.807, 2.05) is 6.07 Å². The lowest BCUT2D eigenvalue weighted by molar-refractivity contribution is 0.320. The maximum absolute atomic E-state index is 5.21. The maximum Gasteiger partial charge on any atom is 0.149 e. The molecule has 0 spiro atoms. The zero-order valence-electron chi connectivity index (χ0n) is 6.92. The van der Waals surface area contributed by atoms with E-state index in [1.54, 1.807) is 0 Å². The molecule has 66 valence electrons. The lowest BCUT2D eigenvalue weighted by atomic mass is 9.88. The third kappa shape index (κ3) is 1.71. The van der Waals surface area contributed by atoms with Crippen LogP contribution in [0.5, 0.6) is 0 Å². The van der Waals surface area contributed by atoms with Gasteiger partial charge in [-0.05, 0) is 28.8 Å². The van der Waals surface area contributed by atoms with Gasteiger partial charge in [0.1, 0.15) is 10.4 Å². The van der Waals surface area contributed by atoms with Crippen molar-refractivity contribution >= 4 is 15.9 Å². The lowest BCUT2D eigenvalue weighted by Crippen LogP contribution is -2.02. The SMILES string of the molecule is Brc1cc(C2CCCCC2)on1. The van der Waals surface area contributed by atoms with Crippen molar-refractivity contribution in [2.75, 3.05) is 0 Å². The first-order valence-electron chi connectivity index (χ1n) is 4.48. The van der Waals surface area contributed by atoms with Gasteiger partial charge in [0.2, 0.25) is 0 Å². The van der Waals surface area contributed by atoms with E-state index in [9.17, 15) is 0 Å². The minimum Gasteiger partial charge on any atom is -0.360 e. The Labute approximate surface area is 80.4 Å². The summed E-state index contributed by atoms with van der Waals surface area (Å²) in [4.78, 5) is 0. The molecule has 0 bridgehead atoms. The van der Waals surface area contributed by atoms with Crippen LogP contribution in [0.15, 0.2) is 15.2 Å². The molecule has 0 amide bonds. The average Bonchev–Trinajstić information content (AvgIpc) is 2.54. The second kappa shape index (κ2) is 3.60. The summed E-state index contributed by atoms with van der Waals surface area (Å²) in [5.41, 5.74) is 0. The molecular formula is C9H12BrNO. The number of halogens is 1. The highest BCUT2D eigenvalue weighted by Crippen LogP contribution is 2.33. The summed E-state index contributed by atoms with van der Waals surface area (Å²) in [6.45, 7) is 0. The lowest BCUT2D eigenvalue weighted by Gasteiger charge is -2.18. The Hall–Kier alpha value is -0.310. The molecule has 1 saturated carbocycles. The van der Waals surface area contributed by atoms with E-state index >= 15 is 0 Å². The van der Waals surface area contributed by atoms with Crippen LogP contribution >= 0.6 is 15.9 Å². The molecule has 12 heavy (non-hydrogen) atoms. The molecular weight excluding hydrogens is 218 g/mol. The van der Waals surface area contributed by atoms with Crippen LogP contribution in [-0.4, -0.2) is 5.16 Å². The molecule has 1 aromatic rings. The minimum atomic E-state index is 0.623. The van der Waals surface area contributed by atoms with Gasteiger partial charge in [0.25, 0.3) is 0 Å². The highest BCUT2D eigenvalue weighted by atomic mass is 79.9. The molecule has 0 unspecified atom stereocenters. The van der Waals surface area contributed by atoms with Crippen LogP contribution in [0.25, 0.3) is 0 Å². The first kappa shape index (κ1) is 8.30. The fourth-order valence-electron chi connectivity index (χ4n) is 1.85. The molecule has 2 rings (SSSR count). The Kier molecular flexibility index (Phi) is 2.49. The van der Waals surface area contributed by atoms with Gasteiger partial charge >= 0.3 is 0 Å². The van der Waals surface area contributed by atoms with E-state index in [2.05, 4.69) is 21.1 Å². The number of aromatic nitrogens is 1. The van der Waals surface area contributed by atoms with E-state index in [1.165, 1.54) is 32.1 Å². The standard InChI is InChI=1S/C9H12BrNO/c10-9-6-8(12-11-9)7-4-2-1-3-5-7/h6-7H,1-5H2. The van der Waals surface area contributed by atoms with Crippen molar-refractivity contribution in [1.29, 1.82) is 0 Å². The second-order valence-corrected chi connectivity index (χ2v) is 4.20. The van der Waals surface area contributed by atoms with Crippen molar-refractivity contribution < 1.29 is 4.52 Å². The number of hydrogen-bond acceptors (Lipinski definition) is 2. The summed E-state index contributed by atoms with van der Waals surface area (Å²) < 4.78 is 6.03. The van der Waals surface area contributed by atoms with Gasteiger partial charge in [-0.1, -0.05) is 24.4 Å². The third-order valence-corrected chi connectivity index (χ3v) is 2.88. The molecule has 0 aromatic carbocycles. The van der Waals surface area contributed by atoms with Gasteiger partial charge in [0, 0.05) is 12.0 Å². The fraction of sp³-hybridized carbons (Fsp3) is 0.667. The van der Waals surface area contributed by atoms with Crippen LogP contribution in [0.1, 0.15) is 43.8 Å².